The fourth-order valence-electron chi connectivity index (χ4n) is 3.97. The van der Waals surface area contributed by atoms with Gasteiger partial charge in [-0.2, -0.15) is 0 Å². The Morgan fingerprint density at radius 3 is 2.10 bits per heavy atom. The minimum atomic E-state index is -0.0316. The van der Waals surface area contributed by atoms with Crippen molar-refractivity contribution in [3.8, 4) is 0 Å². The Kier molecular flexibility index (Phi) is 6.79. The molecular formula is C19H32O2. The summed E-state index contributed by atoms with van der Waals surface area (Å²) in [5.41, 5.74) is 2.33. The number of rotatable bonds is 5. The summed E-state index contributed by atoms with van der Waals surface area (Å²) < 4.78 is 5.77. The van der Waals surface area contributed by atoms with Gasteiger partial charge in [-0.05, 0) is 57.8 Å². The lowest BCUT2D eigenvalue weighted by Gasteiger charge is -2.27. The first-order valence-corrected chi connectivity index (χ1v) is 9.13. The molecule has 0 bridgehead atoms. The average Bonchev–Trinajstić information content (AvgIpc) is 2.53. The number of carbonyl (C=O) groups is 1. The van der Waals surface area contributed by atoms with E-state index < -0.39 is 0 Å². The highest BCUT2D eigenvalue weighted by Gasteiger charge is 2.24. The second kappa shape index (κ2) is 8.60. The Hall–Kier alpha value is -0.790. The van der Waals surface area contributed by atoms with E-state index >= 15 is 0 Å². The van der Waals surface area contributed by atoms with Crippen LogP contribution in [0.3, 0.4) is 0 Å². The summed E-state index contributed by atoms with van der Waals surface area (Å²) in [7, 11) is 0. The van der Waals surface area contributed by atoms with E-state index in [1.165, 1.54) is 56.9 Å². The van der Waals surface area contributed by atoms with E-state index in [1.807, 2.05) is 6.92 Å². The zero-order valence-electron chi connectivity index (χ0n) is 14.0. The SMILES string of the molecule is CCCC(=C(C)C(=O)OC1CCCCC1)C1CCCCC1. The highest BCUT2D eigenvalue weighted by molar-refractivity contribution is 5.88. The van der Waals surface area contributed by atoms with Crippen LogP contribution in [-0.2, 0) is 9.53 Å². The lowest BCUT2D eigenvalue weighted by Crippen LogP contribution is -2.23. The maximum Gasteiger partial charge on any atom is 0.333 e. The van der Waals surface area contributed by atoms with Crippen molar-refractivity contribution in [2.75, 3.05) is 0 Å². The molecule has 2 aliphatic rings. The first kappa shape index (κ1) is 16.6. The van der Waals surface area contributed by atoms with Crippen molar-refractivity contribution in [1.82, 2.24) is 0 Å². The van der Waals surface area contributed by atoms with E-state index in [4.69, 9.17) is 4.74 Å². The van der Waals surface area contributed by atoms with Crippen molar-refractivity contribution in [2.24, 2.45) is 5.92 Å². The maximum absolute atomic E-state index is 12.5. The predicted molar refractivity (Wildman–Crippen MR) is 87.1 cm³/mol. The molecule has 0 aromatic heterocycles. The lowest BCUT2D eigenvalue weighted by atomic mass is 9.80. The highest BCUT2D eigenvalue weighted by atomic mass is 16.5. The van der Waals surface area contributed by atoms with Crippen molar-refractivity contribution >= 4 is 5.97 Å². The van der Waals surface area contributed by atoms with E-state index in [9.17, 15) is 4.79 Å². The van der Waals surface area contributed by atoms with Crippen LogP contribution in [0.4, 0.5) is 0 Å². The topological polar surface area (TPSA) is 26.3 Å². The molecule has 21 heavy (non-hydrogen) atoms. The number of esters is 1. The third-order valence-corrected chi connectivity index (χ3v) is 5.23. The highest BCUT2D eigenvalue weighted by Crippen LogP contribution is 2.34. The molecule has 0 heterocycles. The van der Waals surface area contributed by atoms with E-state index in [-0.39, 0.29) is 12.1 Å². The van der Waals surface area contributed by atoms with Crippen LogP contribution in [-0.4, -0.2) is 12.1 Å². The van der Waals surface area contributed by atoms with Gasteiger partial charge in [0, 0.05) is 5.57 Å². The van der Waals surface area contributed by atoms with Gasteiger partial charge in [-0.25, -0.2) is 4.79 Å². The van der Waals surface area contributed by atoms with Gasteiger partial charge < -0.3 is 4.74 Å². The molecule has 2 aliphatic carbocycles. The Bertz CT molecular complexity index is 358. The molecule has 0 atom stereocenters. The summed E-state index contributed by atoms with van der Waals surface area (Å²) >= 11 is 0. The van der Waals surface area contributed by atoms with Gasteiger partial charge in [0.05, 0.1) is 0 Å². The Labute approximate surface area is 130 Å². The summed E-state index contributed by atoms with van der Waals surface area (Å²) in [6, 6.07) is 0. The fraction of sp³-hybridized carbons (Fsp3) is 0.842. The minimum Gasteiger partial charge on any atom is -0.459 e. The zero-order chi connectivity index (χ0) is 15.1. The molecule has 2 rings (SSSR count). The first-order chi connectivity index (χ1) is 10.2. The quantitative estimate of drug-likeness (QED) is 0.490. The van der Waals surface area contributed by atoms with E-state index in [0.29, 0.717) is 5.92 Å². The number of carbonyl (C=O) groups excluding carboxylic acids is 1. The van der Waals surface area contributed by atoms with Gasteiger partial charge in [0.2, 0.25) is 0 Å². The molecule has 0 amide bonds. The van der Waals surface area contributed by atoms with Gasteiger partial charge >= 0.3 is 5.97 Å². The largest absolute Gasteiger partial charge is 0.459 e. The van der Waals surface area contributed by atoms with Crippen molar-refractivity contribution < 1.29 is 9.53 Å². The first-order valence-electron chi connectivity index (χ1n) is 9.13. The molecule has 2 heteroatoms. The molecule has 0 radical (unpaired) electrons. The number of ether oxygens (including phenoxy) is 1. The second-order valence-electron chi connectivity index (χ2n) is 6.90. The number of hydrogen-bond acceptors (Lipinski definition) is 2. The van der Waals surface area contributed by atoms with E-state index in [1.54, 1.807) is 0 Å². The van der Waals surface area contributed by atoms with Crippen molar-refractivity contribution in [3.63, 3.8) is 0 Å². The molecule has 0 spiro atoms. The van der Waals surface area contributed by atoms with Crippen molar-refractivity contribution in [3.05, 3.63) is 11.1 Å². The summed E-state index contributed by atoms with van der Waals surface area (Å²) in [6.45, 7) is 4.22. The van der Waals surface area contributed by atoms with Gasteiger partial charge in [0.1, 0.15) is 6.10 Å². The second-order valence-corrected chi connectivity index (χ2v) is 6.90. The lowest BCUT2D eigenvalue weighted by molar-refractivity contribution is -0.145. The summed E-state index contributed by atoms with van der Waals surface area (Å²) in [6.07, 6.45) is 14.8. The van der Waals surface area contributed by atoms with E-state index in [0.717, 1.165) is 31.3 Å². The van der Waals surface area contributed by atoms with Crippen LogP contribution in [0.1, 0.15) is 90.9 Å². The van der Waals surface area contributed by atoms with Gasteiger partial charge in [-0.15, -0.1) is 0 Å². The van der Waals surface area contributed by atoms with Crippen LogP contribution < -0.4 is 0 Å². The summed E-state index contributed by atoms with van der Waals surface area (Å²) in [4.78, 5) is 12.5. The molecule has 0 saturated heterocycles. The third kappa shape index (κ3) is 4.86. The minimum absolute atomic E-state index is 0.0316. The van der Waals surface area contributed by atoms with Gasteiger partial charge in [0.15, 0.2) is 0 Å². The van der Waals surface area contributed by atoms with Crippen LogP contribution in [0.2, 0.25) is 0 Å². The summed E-state index contributed by atoms with van der Waals surface area (Å²) in [5.74, 6) is 0.605. The smallest absolute Gasteiger partial charge is 0.333 e. The van der Waals surface area contributed by atoms with Crippen LogP contribution in [0.5, 0.6) is 0 Å². The molecule has 0 unspecified atom stereocenters. The normalized spacial score (nSPS) is 22.8. The molecule has 0 N–H and O–H groups in total. The monoisotopic (exact) mass is 292 g/mol. The fourth-order valence-corrected chi connectivity index (χ4v) is 3.97. The number of hydrogen-bond donors (Lipinski definition) is 0. The Balaban J connectivity index is 2.02. The third-order valence-electron chi connectivity index (χ3n) is 5.23. The molecule has 2 saturated carbocycles. The Morgan fingerprint density at radius 1 is 0.952 bits per heavy atom. The average molecular weight is 292 g/mol. The maximum atomic E-state index is 12.5. The standard InChI is InChI=1S/C19H32O2/c1-3-10-18(16-11-6-4-7-12-16)15(2)19(20)21-17-13-8-5-9-14-17/h16-17H,3-14H2,1-2H3. The van der Waals surface area contributed by atoms with Crippen LogP contribution in [0.15, 0.2) is 11.1 Å². The van der Waals surface area contributed by atoms with E-state index in [2.05, 4.69) is 6.92 Å². The zero-order valence-corrected chi connectivity index (χ0v) is 14.0. The molecule has 120 valence electrons. The number of allylic oxidation sites excluding steroid dienone is 1. The van der Waals surface area contributed by atoms with Crippen molar-refractivity contribution in [1.29, 1.82) is 0 Å². The van der Waals surface area contributed by atoms with Crippen molar-refractivity contribution in [2.45, 2.75) is 97.0 Å². The van der Waals surface area contributed by atoms with Crippen LogP contribution in [0, 0.1) is 5.92 Å². The molecular weight excluding hydrogens is 260 g/mol. The molecule has 2 nitrogen and oxygen atoms in total. The predicted octanol–water partition coefficient (Wildman–Crippen LogP) is 5.56. The van der Waals surface area contributed by atoms with Gasteiger partial charge in [-0.1, -0.05) is 44.6 Å². The Morgan fingerprint density at radius 2 is 1.52 bits per heavy atom. The molecule has 0 aromatic carbocycles. The molecule has 0 aliphatic heterocycles. The summed E-state index contributed by atoms with van der Waals surface area (Å²) in [5, 5.41) is 0. The van der Waals surface area contributed by atoms with Gasteiger partial charge in [-0.3, -0.25) is 0 Å². The van der Waals surface area contributed by atoms with Crippen LogP contribution in [0.25, 0.3) is 0 Å². The van der Waals surface area contributed by atoms with Gasteiger partial charge in [0.25, 0.3) is 0 Å². The molecule has 2 fully saturated rings. The van der Waals surface area contributed by atoms with Crippen LogP contribution >= 0.6 is 0 Å². The molecule has 0 aromatic rings.